The first-order valence-corrected chi connectivity index (χ1v) is 6.85. The third-order valence-electron chi connectivity index (χ3n) is 4.10. The highest BCUT2D eigenvalue weighted by molar-refractivity contribution is 6.05. The molecule has 3 aromatic heterocycles. The highest BCUT2D eigenvalue weighted by Crippen LogP contribution is 2.33. The number of aromatic amines is 1. The molecule has 1 aliphatic heterocycles. The van der Waals surface area contributed by atoms with Crippen LogP contribution in [-0.4, -0.2) is 28.0 Å². The molecule has 0 radical (unpaired) electrons. The average Bonchev–Trinajstić information content (AvgIpc) is 2.96. The van der Waals surface area contributed by atoms with E-state index in [0.717, 1.165) is 24.3 Å². The Balaban J connectivity index is 2.00. The van der Waals surface area contributed by atoms with E-state index in [1.165, 1.54) is 29.2 Å². The minimum absolute atomic E-state index is 0.632. The van der Waals surface area contributed by atoms with Crippen molar-refractivity contribution in [2.45, 2.75) is 18.8 Å². The van der Waals surface area contributed by atoms with Crippen LogP contribution >= 0.6 is 0 Å². The average molecular weight is 252 g/mol. The van der Waals surface area contributed by atoms with Crippen molar-refractivity contribution in [1.29, 1.82) is 0 Å². The van der Waals surface area contributed by atoms with Gasteiger partial charge < -0.3 is 10.3 Å². The van der Waals surface area contributed by atoms with E-state index in [4.69, 9.17) is 0 Å². The topological polar surface area (TPSA) is 53.6 Å². The number of rotatable bonds is 1. The maximum absolute atomic E-state index is 4.47. The zero-order valence-corrected chi connectivity index (χ0v) is 10.7. The van der Waals surface area contributed by atoms with Gasteiger partial charge in [-0.2, -0.15) is 0 Å². The molecule has 19 heavy (non-hydrogen) atoms. The van der Waals surface area contributed by atoms with Crippen LogP contribution in [0.1, 0.15) is 24.3 Å². The molecule has 2 N–H and O–H groups in total. The summed E-state index contributed by atoms with van der Waals surface area (Å²) in [6.07, 6.45) is 8.15. The van der Waals surface area contributed by atoms with Crippen LogP contribution in [0.3, 0.4) is 0 Å². The van der Waals surface area contributed by atoms with Crippen LogP contribution in [-0.2, 0) is 0 Å². The first kappa shape index (κ1) is 10.9. The monoisotopic (exact) mass is 252 g/mol. The molecule has 1 aliphatic rings. The molecule has 0 unspecified atom stereocenters. The van der Waals surface area contributed by atoms with Crippen molar-refractivity contribution in [3.63, 3.8) is 0 Å². The first-order valence-electron chi connectivity index (χ1n) is 6.85. The SMILES string of the molecule is c1cc(C2CCNCC2)c2c(cnc3[nH]ccc32)n1. The van der Waals surface area contributed by atoms with Gasteiger partial charge in [0.2, 0.25) is 0 Å². The van der Waals surface area contributed by atoms with Crippen LogP contribution in [0, 0.1) is 0 Å². The number of piperidine rings is 1. The Kier molecular flexibility index (Phi) is 2.48. The molecule has 0 atom stereocenters. The van der Waals surface area contributed by atoms with E-state index in [0.29, 0.717) is 5.92 Å². The van der Waals surface area contributed by atoms with Crippen molar-refractivity contribution in [3.05, 3.63) is 36.3 Å². The lowest BCUT2D eigenvalue weighted by Crippen LogP contribution is -2.26. The van der Waals surface area contributed by atoms with E-state index >= 15 is 0 Å². The number of nitrogens with zero attached hydrogens (tertiary/aromatic N) is 2. The molecule has 1 saturated heterocycles. The van der Waals surface area contributed by atoms with Crippen molar-refractivity contribution in [3.8, 4) is 0 Å². The Morgan fingerprint density at radius 2 is 2.00 bits per heavy atom. The maximum Gasteiger partial charge on any atom is 0.137 e. The lowest BCUT2D eigenvalue weighted by atomic mass is 9.88. The Bertz CT molecular complexity index is 725. The molecular formula is C15H16N4. The highest BCUT2D eigenvalue weighted by atomic mass is 14.9. The van der Waals surface area contributed by atoms with Gasteiger partial charge in [0.05, 0.1) is 11.7 Å². The summed E-state index contributed by atoms with van der Waals surface area (Å²) in [6.45, 7) is 2.21. The van der Waals surface area contributed by atoms with Gasteiger partial charge in [-0.05, 0) is 49.5 Å². The lowest BCUT2D eigenvalue weighted by Gasteiger charge is -2.24. The van der Waals surface area contributed by atoms with E-state index in [1.54, 1.807) is 0 Å². The van der Waals surface area contributed by atoms with E-state index in [1.807, 2.05) is 18.6 Å². The van der Waals surface area contributed by atoms with Crippen LogP contribution in [0.4, 0.5) is 0 Å². The number of nitrogens with one attached hydrogen (secondary N) is 2. The molecule has 0 amide bonds. The fraction of sp³-hybridized carbons (Fsp3) is 0.333. The van der Waals surface area contributed by atoms with Crippen molar-refractivity contribution < 1.29 is 0 Å². The third kappa shape index (κ3) is 1.71. The predicted molar refractivity (Wildman–Crippen MR) is 76.2 cm³/mol. The summed E-state index contributed by atoms with van der Waals surface area (Å²) in [5.41, 5.74) is 3.39. The molecule has 3 aromatic rings. The standard InChI is InChI=1S/C15H16N4/c1-5-16-6-2-10(1)11-3-7-17-13-9-19-15-12(14(11)13)4-8-18-15/h3-4,7-10,16H,1-2,5-6H2,(H,18,19). The minimum atomic E-state index is 0.632. The second kappa shape index (κ2) is 4.31. The van der Waals surface area contributed by atoms with Gasteiger partial charge in [-0.3, -0.25) is 4.98 Å². The van der Waals surface area contributed by atoms with Gasteiger partial charge in [0.15, 0.2) is 0 Å². The summed E-state index contributed by atoms with van der Waals surface area (Å²) >= 11 is 0. The molecule has 1 fully saturated rings. The number of fused-ring (bicyclic) bond motifs is 3. The van der Waals surface area contributed by atoms with Gasteiger partial charge in [0, 0.05) is 23.2 Å². The van der Waals surface area contributed by atoms with Gasteiger partial charge in [-0.15, -0.1) is 0 Å². The molecule has 4 rings (SSSR count). The molecule has 0 spiro atoms. The molecule has 96 valence electrons. The number of H-pyrrole nitrogens is 1. The summed E-state index contributed by atoms with van der Waals surface area (Å²) in [5.74, 6) is 0.632. The fourth-order valence-electron chi connectivity index (χ4n) is 3.15. The fourth-order valence-corrected chi connectivity index (χ4v) is 3.15. The number of hydrogen-bond donors (Lipinski definition) is 2. The van der Waals surface area contributed by atoms with Crippen LogP contribution in [0.2, 0.25) is 0 Å². The van der Waals surface area contributed by atoms with E-state index in [2.05, 4.69) is 32.4 Å². The number of pyridine rings is 2. The molecule has 4 nitrogen and oxygen atoms in total. The molecule has 0 aliphatic carbocycles. The molecule has 0 bridgehead atoms. The van der Waals surface area contributed by atoms with Gasteiger partial charge in [0.25, 0.3) is 0 Å². The zero-order chi connectivity index (χ0) is 12.7. The summed E-state index contributed by atoms with van der Waals surface area (Å²) in [4.78, 5) is 12.1. The van der Waals surface area contributed by atoms with Crippen molar-refractivity contribution in [1.82, 2.24) is 20.3 Å². The highest BCUT2D eigenvalue weighted by Gasteiger charge is 2.19. The molecule has 0 saturated carbocycles. The van der Waals surface area contributed by atoms with Crippen LogP contribution < -0.4 is 5.32 Å². The zero-order valence-electron chi connectivity index (χ0n) is 10.7. The molecular weight excluding hydrogens is 236 g/mol. The Hall–Kier alpha value is -1.94. The van der Waals surface area contributed by atoms with Crippen molar-refractivity contribution in [2.24, 2.45) is 0 Å². The summed E-state index contributed by atoms with van der Waals surface area (Å²) in [5, 5.41) is 5.90. The van der Waals surface area contributed by atoms with E-state index in [9.17, 15) is 0 Å². The maximum atomic E-state index is 4.47. The van der Waals surface area contributed by atoms with Gasteiger partial charge in [-0.25, -0.2) is 4.98 Å². The quantitative estimate of drug-likeness (QED) is 0.700. The largest absolute Gasteiger partial charge is 0.346 e. The Morgan fingerprint density at radius 3 is 2.89 bits per heavy atom. The van der Waals surface area contributed by atoms with Crippen LogP contribution in [0.15, 0.2) is 30.7 Å². The molecule has 0 aromatic carbocycles. The third-order valence-corrected chi connectivity index (χ3v) is 4.10. The van der Waals surface area contributed by atoms with Crippen LogP contribution in [0.25, 0.3) is 21.9 Å². The molecule has 4 heterocycles. The lowest BCUT2D eigenvalue weighted by molar-refractivity contribution is 0.462. The summed E-state index contributed by atoms with van der Waals surface area (Å²) in [6, 6.07) is 4.29. The smallest absolute Gasteiger partial charge is 0.137 e. The van der Waals surface area contributed by atoms with E-state index < -0.39 is 0 Å². The van der Waals surface area contributed by atoms with Gasteiger partial charge in [-0.1, -0.05) is 0 Å². The van der Waals surface area contributed by atoms with Gasteiger partial charge in [0.1, 0.15) is 5.65 Å². The minimum Gasteiger partial charge on any atom is -0.346 e. The van der Waals surface area contributed by atoms with Crippen molar-refractivity contribution in [2.75, 3.05) is 13.1 Å². The Labute approximate surface area is 111 Å². The second-order valence-electron chi connectivity index (χ2n) is 5.18. The second-order valence-corrected chi connectivity index (χ2v) is 5.18. The summed E-state index contributed by atoms with van der Waals surface area (Å²) in [7, 11) is 0. The first-order chi connectivity index (χ1) is 9.43. The normalized spacial score (nSPS) is 17.3. The number of hydrogen-bond acceptors (Lipinski definition) is 3. The predicted octanol–water partition coefficient (Wildman–Crippen LogP) is 2.58. The Morgan fingerprint density at radius 1 is 1.11 bits per heavy atom. The summed E-state index contributed by atoms with van der Waals surface area (Å²) < 4.78 is 0. The molecule has 4 heteroatoms. The van der Waals surface area contributed by atoms with Crippen LogP contribution in [0.5, 0.6) is 0 Å². The van der Waals surface area contributed by atoms with Crippen molar-refractivity contribution >= 4 is 21.9 Å². The van der Waals surface area contributed by atoms with E-state index in [-0.39, 0.29) is 0 Å². The van der Waals surface area contributed by atoms with Gasteiger partial charge >= 0.3 is 0 Å². The number of aromatic nitrogens is 3.